The molecule has 5 rings (SSSR count). The van der Waals surface area contributed by atoms with Crippen LogP contribution in [0.5, 0.6) is 5.75 Å². The number of rotatable bonds is 7. The van der Waals surface area contributed by atoms with Crippen molar-refractivity contribution in [3.63, 3.8) is 0 Å². The lowest BCUT2D eigenvalue weighted by Gasteiger charge is -2.32. The van der Waals surface area contributed by atoms with Crippen molar-refractivity contribution in [2.75, 3.05) is 31.6 Å². The van der Waals surface area contributed by atoms with Gasteiger partial charge in [-0.25, -0.2) is 4.68 Å². The second-order valence-electron chi connectivity index (χ2n) is 9.96. The molecule has 0 radical (unpaired) electrons. The zero-order valence-electron chi connectivity index (χ0n) is 21.6. The molecule has 1 aromatic carbocycles. The number of carbonyl (C=O) groups excluding carboxylic acids is 1. The Morgan fingerprint density at radius 3 is 2.72 bits per heavy atom. The van der Waals surface area contributed by atoms with Gasteiger partial charge in [-0.1, -0.05) is 11.6 Å². The molecule has 1 aliphatic carbocycles. The summed E-state index contributed by atoms with van der Waals surface area (Å²) in [6.07, 6.45) is 10.1. The summed E-state index contributed by atoms with van der Waals surface area (Å²) in [7, 11) is 1.66. The summed E-state index contributed by atoms with van der Waals surface area (Å²) < 4.78 is 7.25. The topological polar surface area (TPSA) is 85.2 Å². The van der Waals surface area contributed by atoms with Crippen LogP contribution in [-0.2, 0) is 4.79 Å². The number of carbonyl (C=O) groups is 1. The van der Waals surface area contributed by atoms with Crippen molar-refractivity contribution in [2.24, 2.45) is 5.92 Å². The number of piperidine rings is 1. The van der Waals surface area contributed by atoms with E-state index in [9.17, 15) is 4.79 Å². The predicted octanol–water partition coefficient (Wildman–Crippen LogP) is 4.66. The van der Waals surface area contributed by atoms with Crippen LogP contribution in [0.15, 0.2) is 35.9 Å². The van der Waals surface area contributed by atoms with Crippen LogP contribution in [0.1, 0.15) is 56.3 Å². The van der Waals surface area contributed by atoms with Crippen LogP contribution in [0.3, 0.4) is 0 Å². The number of fused-ring (bicyclic) bond motifs is 1. The highest BCUT2D eigenvalue weighted by molar-refractivity contribution is 5.92. The van der Waals surface area contributed by atoms with E-state index in [2.05, 4.69) is 33.4 Å². The van der Waals surface area contributed by atoms with E-state index < -0.39 is 0 Å². The fraction of sp³-hybridized carbons (Fsp3) is 0.500. The summed E-state index contributed by atoms with van der Waals surface area (Å²) in [4.78, 5) is 15.2. The third kappa shape index (κ3) is 4.94. The number of allylic oxidation sites excluding steroid dienone is 1. The van der Waals surface area contributed by atoms with Crippen LogP contribution in [0.4, 0.5) is 5.82 Å². The molecule has 0 spiro atoms. The fourth-order valence-corrected chi connectivity index (χ4v) is 5.51. The van der Waals surface area contributed by atoms with Gasteiger partial charge in [-0.3, -0.25) is 4.79 Å². The highest BCUT2D eigenvalue weighted by Gasteiger charge is 2.29. The average Bonchev–Trinajstić information content (AvgIpc) is 3.27. The molecule has 1 amide bonds. The Kier molecular flexibility index (Phi) is 7.20. The zero-order chi connectivity index (χ0) is 25.1. The van der Waals surface area contributed by atoms with E-state index in [0.717, 1.165) is 71.9 Å². The van der Waals surface area contributed by atoms with Crippen LogP contribution in [-0.4, -0.2) is 52.6 Å². The van der Waals surface area contributed by atoms with Gasteiger partial charge in [-0.2, -0.15) is 10.2 Å². The maximum Gasteiger partial charge on any atom is 0.224 e. The Labute approximate surface area is 212 Å². The molecule has 1 fully saturated rings. The van der Waals surface area contributed by atoms with E-state index in [4.69, 9.17) is 9.84 Å². The maximum atomic E-state index is 13.0. The van der Waals surface area contributed by atoms with Gasteiger partial charge < -0.3 is 15.0 Å². The van der Waals surface area contributed by atoms with Gasteiger partial charge in [-0.15, -0.1) is 5.10 Å². The first-order chi connectivity index (χ1) is 17.5. The molecule has 1 atom stereocenters. The van der Waals surface area contributed by atoms with Crippen LogP contribution >= 0.6 is 0 Å². The largest absolute Gasteiger partial charge is 0.497 e. The van der Waals surface area contributed by atoms with Crippen molar-refractivity contribution in [1.82, 2.24) is 25.3 Å². The fourth-order valence-electron chi connectivity index (χ4n) is 5.51. The van der Waals surface area contributed by atoms with Gasteiger partial charge in [0.2, 0.25) is 5.91 Å². The molecule has 8 heteroatoms. The van der Waals surface area contributed by atoms with Crippen molar-refractivity contribution < 1.29 is 9.53 Å². The van der Waals surface area contributed by atoms with Gasteiger partial charge in [0, 0.05) is 19.6 Å². The minimum Gasteiger partial charge on any atom is -0.497 e. The molecule has 3 heterocycles. The molecule has 190 valence electrons. The summed E-state index contributed by atoms with van der Waals surface area (Å²) in [5, 5.41) is 18.2. The Morgan fingerprint density at radius 1 is 1.14 bits per heavy atom. The number of ether oxygens (including phenoxy) is 1. The van der Waals surface area contributed by atoms with Crippen LogP contribution in [0, 0.1) is 19.8 Å². The quantitative estimate of drug-likeness (QED) is 0.487. The summed E-state index contributed by atoms with van der Waals surface area (Å²) >= 11 is 0. The molecule has 1 aliphatic heterocycles. The Balaban J connectivity index is 1.34. The number of hydrogen-bond acceptors (Lipinski definition) is 6. The van der Waals surface area contributed by atoms with Crippen molar-refractivity contribution in [1.29, 1.82) is 0 Å². The molecule has 3 aromatic rings. The van der Waals surface area contributed by atoms with E-state index in [-0.39, 0.29) is 11.8 Å². The first-order valence-electron chi connectivity index (χ1n) is 13.1. The van der Waals surface area contributed by atoms with E-state index >= 15 is 0 Å². The summed E-state index contributed by atoms with van der Waals surface area (Å²) in [5.41, 5.74) is 5.16. The van der Waals surface area contributed by atoms with E-state index in [1.54, 1.807) is 7.11 Å². The second-order valence-corrected chi connectivity index (χ2v) is 9.96. The molecule has 0 saturated carbocycles. The number of hydrogen-bond donors (Lipinski definition) is 1. The highest BCUT2D eigenvalue weighted by atomic mass is 16.5. The minimum atomic E-state index is -0.0537. The van der Waals surface area contributed by atoms with Crippen molar-refractivity contribution >= 4 is 22.6 Å². The summed E-state index contributed by atoms with van der Waals surface area (Å²) in [6.45, 7) is 6.24. The maximum absolute atomic E-state index is 13.0. The molecular formula is C28H36N6O2. The number of nitrogens with one attached hydrogen (secondary N) is 1. The molecule has 2 aliphatic rings. The van der Waals surface area contributed by atoms with Crippen molar-refractivity contribution in [2.45, 2.75) is 58.8 Å². The molecule has 36 heavy (non-hydrogen) atoms. The third-order valence-electron chi connectivity index (χ3n) is 7.52. The summed E-state index contributed by atoms with van der Waals surface area (Å²) in [5.74, 6) is 1.66. The van der Waals surface area contributed by atoms with Gasteiger partial charge in [0.15, 0.2) is 5.82 Å². The predicted molar refractivity (Wildman–Crippen MR) is 142 cm³/mol. The Morgan fingerprint density at radius 2 is 1.97 bits per heavy atom. The van der Waals surface area contributed by atoms with E-state index in [1.165, 1.54) is 31.3 Å². The molecule has 1 saturated heterocycles. The number of aromatic nitrogens is 4. The smallest absolute Gasteiger partial charge is 0.224 e. The minimum absolute atomic E-state index is 0.0537. The first kappa shape index (κ1) is 24.3. The molecular weight excluding hydrogens is 452 g/mol. The van der Waals surface area contributed by atoms with Crippen LogP contribution < -0.4 is 15.0 Å². The van der Waals surface area contributed by atoms with Crippen LogP contribution in [0.25, 0.3) is 16.6 Å². The lowest BCUT2D eigenvalue weighted by atomic mass is 9.96. The van der Waals surface area contributed by atoms with Gasteiger partial charge in [0.1, 0.15) is 11.3 Å². The van der Waals surface area contributed by atoms with Gasteiger partial charge in [0.25, 0.3) is 0 Å². The van der Waals surface area contributed by atoms with Crippen molar-refractivity contribution in [3.8, 4) is 11.4 Å². The number of amides is 1. The monoisotopic (exact) mass is 488 g/mol. The van der Waals surface area contributed by atoms with Crippen molar-refractivity contribution in [3.05, 3.63) is 47.3 Å². The molecule has 0 bridgehead atoms. The standard InChI is InChI=1S/C28H36N6O2/c1-19-25-20(2)34(23-11-13-24(36-3)14-12-23)32-26(25)27(31-30-19)33-17-7-10-22(18-33)28(35)29-16-15-21-8-5-4-6-9-21/h8,11-14,22H,4-7,9-10,15-18H2,1-3H3,(H,29,35). The molecule has 2 aromatic heterocycles. The summed E-state index contributed by atoms with van der Waals surface area (Å²) in [6, 6.07) is 7.87. The number of aryl methyl sites for hydroxylation is 2. The zero-order valence-corrected chi connectivity index (χ0v) is 21.6. The number of benzene rings is 1. The number of nitrogens with zero attached hydrogens (tertiary/aromatic N) is 5. The first-order valence-corrected chi connectivity index (χ1v) is 13.1. The molecule has 8 nitrogen and oxygen atoms in total. The number of methoxy groups -OCH3 is 1. The van der Waals surface area contributed by atoms with E-state index in [0.29, 0.717) is 6.54 Å². The molecule has 1 N–H and O–H groups in total. The lowest BCUT2D eigenvalue weighted by Crippen LogP contribution is -2.43. The van der Waals surface area contributed by atoms with Gasteiger partial charge >= 0.3 is 0 Å². The Hall–Kier alpha value is -3.42. The third-order valence-corrected chi connectivity index (χ3v) is 7.52. The van der Waals surface area contributed by atoms with Crippen LogP contribution in [0.2, 0.25) is 0 Å². The van der Waals surface area contributed by atoms with E-state index in [1.807, 2.05) is 35.9 Å². The lowest BCUT2D eigenvalue weighted by molar-refractivity contribution is -0.125. The Bertz CT molecular complexity index is 1260. The normalized spacial score (nSPS) is 18.2. The highest BCUT2D eigenvalue weighted by Crippen LogP contribution is 2.32. The molecule has 1 unspecified atom stereocenters. The average molecular weight is 489 g/mol. The number of anilines is 1. The SMILES string of the molecule is COc1ccc(-n2nc3c(N4CCCC(C(=O)NCCC5=CCCCC5)C4)nnc(C)c3c2C)cc1. The van der Waals surface area contributed by atoms with Gasteiger partial charge in [0.05, 0.1) is 35.5 Å². The van der Waals surface area contributed by atoms with Gasteiger partial charge in [-0.05, 0) is 83.1 Å². The second kappa shape index (κ2) is 10.7.